The lowest BCUT2D eigenvalue weighted by Gasteiger charge is -2.27. The zero-order valence-corrected chi connectivity index (χ0v) is 13.2. The van der Waals surface area contributed by atoms with Gasteiger partial charge in [-0.3, -0.25) is 0 Å². The molecule has 112 valence electrons. The molecule has 0 radical (unpaired) electrons. The van der Waals surface area contributed by atoms with Crippen molar-refractivity contribution in [3.8, 4) is 11.5 Å². The molecule has 2 aromatic rings. The van der Waals surface area contributed by atoms with E-state index < -0.39 is 0 Å². The predicted molar refractivity (Wildman–Crippen MR) is 84.2 cm³/mol. The zero-order chi connectivity index (χ0) is 14.7. The molecule has 1 N–H and O–H groups in total. The Kier molecular flexibility index (Phi) is 4.41. The number of rotatable bonds is 5. The number of thiazole rings is 1. The molecule has 1 unspecified atom stereocenters. The Bertz CT molecular complexity index is 612. The van der Waals surface area contributed by atoms with Gasteiger partial charge in [-0.15, -0.1) is 11.3 Å². The van der Waals surface area contributed by atoms with Crippen molar-refractivity contribution >= 4 is 11.3 Å². The number of benzene rings is 1. The summed E-state index contributed by atoms with van der Waals surface area (Å²) in [6.07, 6.45) is 3.99. The summed E-state index contributed by atoms with van der Waals surface area (Å²) in [5.41, 5.74) is 1.17. The van der Waals surface area contributed by atoms with E-state index in [-0.39, 0.29) is 6.04 Å². The number of aryl methyl sites for hydroxylation is 1. The van der Waals surface area contributed by atoms with Crippen LogP contribution in [0.2, 0.25) is 0 Å². The van der Waals surface area contributed by atoms with Gasteiger partial charge in [0, 0.05) is 35.6 Å². The van der Waals surface area contributed by atoms with Gasteiger partial charge in [-0.1, -0.05) is 6.92 Å². The average molecular weight is 304 g/mol. The van der Waals surface area contributed by atoms with E-state index in [1.807, 2.05) is 18.3 Å². The second kappa shape index (κ2) is 6.45. The summed E-state index contributed by atoms with van der Waals surface area (Å²) < 4.78 is 11.0. The van der Waals surface area contributed by atoms with Crippen LogP contribution in [0.1, 0.15) is 34.8 Å². The molecule has 0 aliphatic carbocycles. The first-order valence-electron chi connectivity index (χ1n) is 7.28. The van der Waals surface area contributed by atoms with Crippen LogP contribution in [0.15, 0.2) is 24.4 Å². The lowest BCUT2D eigenvalue weighted by atomic mass is 10.0. The number of ether oxygens (including phenoxy) is 2. The summed E-state index contributed by atoms with van der Waals surface area (Å²) in [6, 6.07) is 6.28. The molecular formula is C16H20N2O2S. The number of aromatic nitrogens is 1. The molecule has 0 saturated carbocycles. The molecule has 1 aliphatic rings. The Balaban J connectivity index is 1.72. The topological polar surface area (TPSA) is 43.4 Å². The number of nitrogens with one attached hydrogen (secondary N) is 1. The second-order valence-corrected chi connectivity index (χ2v) is 6.25. The Morgan fingerprint density at radius 2 is 2.38 bits per heavy atom. The molecule has 1 aliphatic heterocycles. The first-order chi connectivity index (χ1) is 10.3. The minimum absolute atomic E-state index is 0.290. The lowest BCUT2D eigenvalue weighted by molar-refractivity contribution is 0.251. The lowest BCUT2D eigenvalue weighted by Crippen LogP contribution is -2.26. The van der Waals surface area contributed by atoms with Crippen molar-refractivity contribution in [2.24, 2.45) is 0 Å². The van der Waals surface area contributed by atoms with Crippen LogP contribution in [0, 0.1) is 0 Å². The Morgan fingerprint density at radius 3 is 3.14 bits per heavy atom. The van der Waals surface area contributed by atoms with E-state index >= 15 is 0 Å². The average Bonchev–Trinajstić information content (AvgIpc) is 3.00. The highest BCUT2D eigenvalue weighted by Crippen LogP contribution is 2.35. The van der Waals surface area contributed by atoms with E-state index in [0.29, 0.717) is 0 Å². The Labute approximate surface area is 129 Å². The molecule has 21 heavy (non-hydrogen) atoms. The zero-order valence-electron chi connectivity index (χ0n) is 12.4. The van der Waals surface area contributed by atoms with Crippen LogP contribution in [0.25, 0.3) is 0 Å². The number of methoxy groups -OCH3 is 1. The Morgan fingerprint density at radius 1 is 1.48 bits per heavy atom. The van der Waals surface area contributed by atoms with E-state index in [2.05, 4.69) is 23.3 Å². The maximum Gasteiger partial charge on any atom is 0.124 e. The van der Waals surface area contributed by atoms with Crippen LogP contribution in [-0.2, 0) is 13.0 Å². The molecule has 1 atom stereocenters. The maximum atomic E-state index is 5.72. The van der Waals surface area contributed by atoms with Crippen LogP contribution in [0.4, 0.5) is 0 Å². The van der Waals surface area contributed by atoms with Crippen LogP contribution >= 0.6 is 11.3 Å². The second-order valence-electron chi connectivity index (χ2n) is 5.05. The van der Waals surface area contributed by atoms with Crippen LogP contribution < -0.4 is 14.8 Å². The fourth-order valence-electron chi connectivity index (χ4n) is 2.52. The molecule has 1 aromatic carbocycles. The molecule has 1 aromatic heterocycles. The van der Waals surface area contributed by atoms with Gasteiger partial charge in [0.1, 0.15) is 16.5 Å². The van der Waals surface area contributed by atoms with Gasteiger partial charge in [-0.05, 0) is 24.6 Å². The molecule has 3 rings (SSSR count). The molecular weight excluding hydrogens is 284 g/mol. The maximum absolute atomic E-state index is 5.72. The van der Waals surface area contributed by atoms with Gasteiger partial charge in [0.05, 0.1) is 13.7 Å². The third-order valence-corrected chi connectivity index (χ3v) is 4.85. The fraction of sp³-hybridized carbons (Fsp3) is 0.438. The smallest absolute Gasteiger partial charge is 0.124 e. The van der Waals surface area contributed by atoms with Crippen molar-refractivity contribution in [1.82, 2.24) is 10.3 Å². The van der Waals surface area contributed by atoms with Crippen LogP contribution in [0.5, 0.6) is 11.5 Å². The minimum Gasteiger partial charge on any atom is -0.497 e. The van der Waals surface area contributed by atoms with Crippen molar-refractivity contribution in [2.45, 2.75) is 32.4 Å². The molecule has 0 saturated heterocycles. The third kappa shape index (κ3) is 3.19. The number of nitrogens with zero attached hydrogens (tertiary/aromatic N) is 1. The number of fused-ring (bicyclic) bond motifs is 1. The molecule has 4 nitrogen and oxygen atoms in total. The molecule has 0 amide bonds. The summed E-state index contributed by atoms with van der Waals surface area (Å²) in [5.74, 6) is 1.82. The summed E-state index contributed by atoms with van der Waals surface area (Å²) in [4.78, 5) is 5.80. The summed E-state index contributed by atoms with van der Waals surface area (Å²) >= 11 is 1.78. The fourth-order valence-corrected chi connectivity index (χ4v) is 3.33. The quantitative estimate of drug-likeness (QED) is 0.920. The highest BCUT2D eigenvalue weighted by atomic mass is 32.1. The molecule has 5 heteroatoms. The summed E-state index contributed by atoms with van der Waals surface area (Å²) in [5, 5.41) is 4.74. The van der Waals surface area contributed by atoms with Gasteiger partial charge in [-0.2, -0.15) is 0 Å². The predicted octanol–water partition coefficient (Wildman–Crippen LogP) is 3.33. The van der Waals surface area contributed by atoms with Gasteiger partial charge >= 0.3 is 0 Å². The molecule has 2 heterocycles. The first-order valence-corrected chi connectivity index (χ1v) is 8.09. The summed E-state index contributed by atoms with van der Waals surface area (Å²) in [7, 11) is 1.69. The van der Waals surface area contributed by atoms with Crippen molar-refractivity contribution in [3.63, 3.8) is 0 Å². The monoisotopic (exact) mass is 304 g/mol. The van der Waals surface area contributed by atoms with Crippen LogP contribution in [-0.4, -0.2) is 18.7 Å². The standard InChI is InChI=1S/C16H20N2O2S/c1-3-12-9-18-16(21-12)10-17-14-6-7-20-15-5-4-11(19-2)8-13(14)15/h4-5,8-9,14,17H,3,6-7,10H2,1-2H3. The molecule has 0 fully saturated rings. The van der Waals surface area contributed by atoms with Crippen molar-refractivity contribution in [3.05, 3.63) is 39.8 Å². The van der Waals surface area contributed by atoms with Crippen molar-refractivity contribution in [1.29, 1.82) is 0 Å². The van der Waals surface area contributed by atoms with Crippen molar-refractivity contribution in [2.75, 3.05) is 13.7 Å². The first kappa shape index (κ1) is 14.4. The van der Waals surface area contributed by atoms with E-state index in [1.54, 1.807) is 18.4 Å². The highest BCUT2D eigenvalue weighted by molar-refractivity contribution is 7.11. The van der Waals surface area contributed by atoms with Gasteiger partial charge in [0.2, 0.25) is 0 Å². The van der Waals surface area contributed by atoms with Gasteiger partial charge in [-0.25, -0.2) is 4.98 Å². The van der Waals surface area contributed by atoms with E-state index in [0.717, 1.165) is 42.5 Å². The Hall–Kier alpha value is -1.59. The molecule has 0 spiro atoms. The highest BCUT2D eigenvalue weighted by Gasteiger charge is 2.22. The number of hydrogen-bond acceptors (Lipinski definition) is 5. The van der Waals surface area contributed by atoms with Crippen LogP contribution in [0.3, 0.4) is 0 Å². The molecule has 0 bridgehead atoms. The summed E-state index contributed by atoms with van der Waals surface area (Å²) in [6.45, 7) is 3.70. The number of hydrogen-bond donors (Lipinski definition) is 1. The van der Waals surface area contributed by atoms with Gasteiger partial charge < -0.3 is 14.8 Å². The minimum atomic E-state index is 0.290. The third-order valence-electron chi connectivity index (χ3n) is 3.71. The van der Waals surface area contributed by atoms with Crippen molar-refractivity contribution < 1.29 is 9.47 Å². The van der Waals surface area contributed by atoms with E-state index in [4.69, 9.17) is 9.47 Å². The van der Waals surface area contributed by atoms with E-state index in [9.17, 15) is 0 Å². The normalized spacial score (nSPS) is 17.1. The van der Waals surface area contributed by atoms with E-state index in [1.165, 1.54) is 10.4 Å². The van der Waals surface area contributed by atoms with Gasteiger partial charge in [0.15, 0.2) is 0 Å². The van der Waals surface area contributed by atoms with Gasteiger partial charge in [0.25, 0.3) is 0 Å². The SMILES string of the molecule is CCc1cnc(CNC2CCOc3ccc(OC)cc32)s1. The largest absolute Gasteiger partial charge is 0.497 e.